The summed E-state index contributed by atoms with van der Waals surface area (Å²) in [5.41, 5.74) is 7.50. The van der Waals surface area contributed by atoms with Crippen LogP contribution in [0.1, 0.15) is 19.7 Å². The van der Waals surface area contributed by atoms with Gasteiger partial charge >= 0.3 is 0 Å². The van der Waals surface area contributed by atoms with Crippen LogP contribution in [0.25, 0.3) is 11.3 Å². The third-order valence-corrected chi connectivity index (χ3v) is 2.69. The van der Waals surface area contributed by atoms with Crippen molar-refractivity contribution in [3.8, 4) is 17.0 Å². The van der Waals surface area contributed by atoms with Gasteiger partial charge in [-0.2, -0.15) is 0 Å². The molecule has 0 aliphatic heterocycles. The van der Waals surface area contributed by atoms with Gasteiger partial charge in [0.05, 0.1) is 12.3 Å². The maximum atomic E-state index is 5.85. The first kappa shape index (κ1) is 14.3. The third kappa shape index (κ3) is 3.45. The number of para-hydroxylation sites is 1. The van der Waals surface area contributed by atoms with Crippen molar-refractivity contribution in [3.05, 3.63) is 36.2 Å². The standard InChI is InChI=1S/C15H19N3O2/c1-3-19-10-15-17-12(9-14(16)18-15)11-7-5-6-8-13(11)20-4-2/h5-9H,3-4,10H2,1-2H3,(H2,16,17,18). The van der Waals surface area contributed by atoms with Gasteiger partial charge in [-0.1, -0.05) is 12.1 Å². The predicted molar refractivity (Wildman–Crippen MR) is 78.4 cm³/mol. The maximum absolute atomic E-state index is 5.85. The molecule has 5 nitrogen and oxygen atoms in total. The fraction of sp³-hybridized carbons (Fsp3) is 0.333. The van der Waals surface area contributed by atoms with Crippen LogP contribution in [0.5, 0.6) is 5.75 Å². The Bertz CT molecular complexity index is 573. The second-order valence-corrected chi connectivity index (χ2v) is 4.16. The molecule has 0 fully saturated rings. The molecule has 5 heteroatoms. The highest BCUT2D eigenvalue weighted by Gasteiger charge is 2.10. The van der Waals surface area contributed by atoms with Crippen molar-refractivity contribution in [1.29, 1.82) is 0 Å². The van der Waals surface area contributed by atoms with E-state index in [1.807, 2.05) is 38.1 Å². The molecule has 1 aromatic carbocycles. The van der Waals surface area contributed by atoms with Gasteiger partial charge in [0.2, 0.25) is 0 Å². The molecule has 2 N–H and O–H groups in total. The van der Waals surface area contributed by atoms with E-state index in [-0.39, 0.29) is 0 Å². The highest BCUT2D eigenvalue weighted by atomic mass is 16.5. The molecule has 0 saturated heterocycles. The lowest BCUT2D eigenvalue weighted by Crippen LogP contribution is -2.04. The molecule has 0 bridgehead atoms. The molecule has 0 unspecified atom stereocenters. The molecule has 0 atom stereocenters. The lowest BCUT2D eigenvalue weighted by atomic mass is 10.1. The molecule has 0 amide bonds. The van der Waals surface area contributed by atoms with Crippen molar-refractivity contribution >= 4 is 5.82 Å². The Balaban J connectivity index is 2.39. The van der Waals surface area contributed by atoms with Crippen molar-refractivity contribution in [2.75, 3.05) is 18.9 Å². The van der Waals surface area contributed by atoms with Crippen LogP contribution >= 0.6 is 0 Å². The van der Waals surface area contributed by atoms with Gasteiger partial charge in [0, 0.05) is 18.2 Å². The Kier molecular flexibility index (Phi) is 4.90. The van der Waals surface area contributed by atoms with E-state index >= 15 is 0 Å². The predicted octanol–water partition coefficient (Wildman–Crippen LogP) is 2.66. The molecular formula is C15H19N3O2. The number of aromatic nitrogens is 2. The van der Waals surface area contributed by atoms with Gasteiger partial charge in [-0.15, -0.1) is 0 Å². The first-order valence-corrected chi connectivity index (χ1v) is 6.68. The Morgan fingerprint density at radius 1 is 1.10 bits per heavy atom. The van der Waals surface area contributed by atoms with Crippen molar-refractivity contribution in [3.63, 3.8) is 0 Å². The number of anilines is 1. The van der Waals surface area contributed by atoms with Crippen LogP contribution in [-0.2, 0) is 11.3 Å². The summed E-state index contributed by atoms with van der Waals surface area (Å²) in [6.07, 6.45) is 0. The molecule has 0 spiro atoms. The first-order chi connectivity index (χ1) is 9.74. The molecular weight excluding hydrogens is 254 g/mol. The zero-order chi connectivity index (χ0) is 14.4. The van der Waals surface area contributed by atoms with Crippen LogP contribution in [0.4, 0.5) is 5.82 Å². The lowest BCUT2D eigenvalue weighted by Gasteiger charge is -2.11. The van der Waals surface area contributed by atoms with Gasteiger partial charge in [0.1, 0.15) is 18.2 Å². The van der Waals surface area contributed by atoms with Crippen molar-refractivity contribution in [2.45, 2.75) is 20.5 Å². The van der Waals surface area contributed by atoms with Crippen LogP contribution in [-0.4, -0.2) is 23.2 Å². The zero-order valence-electron chi connectivity index (χ0n) is 11.8. The Hall–Kier alpha value is -2.14. The van der Waals surface area contributed by atoms with Gasteiger partial charge in [-0.25, -0.2) is 9.97 Å². The number of nitrogen functional groups attached to an aromatic ring is 1. The number of rotatable bonds is 6. The fourth-order valence-electron chi connectivity index (χ4n) is 1.87. The van der Waals surface area contributed by atoms with E-state index in [9.17, 15) is 0 Å². The fourth-order valence-corrected chi connectivity index (χ4v) is 1.87. The minimum Gasteiger partial charge on any atom is -0.493 e. The molecule has 2 aromatic rings. The van der Waals surface area contributed by atoms with Crippen molar-refractivity contribution in [1.82, 2.24) is 9.97 Å². The molecule has 0 aliphatic carbocycles. The average Bonchev–Trinajstić information content (AvgIpc) is 2.45. The number of ether oxygens (including phenoxy) is 2. The number of hydrogen-bond acceptors (Lipinski definition) is 5. The van der Waals surface area contributed by atoms with Gasteiger partial charge in [-0.3, -0.25) is 0 Å². The van der Waals surface area contributed by atoms with Gasteiger partial charge in [-0.05, 0) is 26.0 Å². The summed E-state index contributed by atoms with van der Waals surface area (Å²) in [6, 6.07) is 9.49. The van der Waals surface area contributed by atoms with Crippen LogP contribution < -0.4 is 10.5 Å². The van der Waals surface area contributed by atoms with Crippen LogP contribution in [0.2, 0.25) is 0 Å². The summed E-state index contributed by atoms with van der Waals surface area (Å²) in [4.78, 5) is 8.66. The van der Waals surface area contributed by atoms with E-state index < -0.39 is 0 Å². The Labute approximate surface area is 118 Å². The number of nitrogens with zero attached hydrogens (tertiary/aromatic N) is 2. The summed E-state index contributed by atoms with van der Waals surface area (Å²) in [5, 5.41) is 0. The minimum atomic E-state index is 0.353. The molecule has 0 aliphatic rings. The monoisotopic (exact) mass is 273 g/mol. The summed E-state index contributed by atoms with van der Waals surface area (Å²) >= 11 is 0. The lowest BCUT2D eigenvalue weighted by molar-refractivity contribution is 0.128. The molecule has 1 aromatic heterocycles. The Morgan fingerprint density at radius 2 is 1.90 bits per heavy atom. The minimum absolute atomic E-state index is 0.353. The number of benzene rings is 1. The van der Waals surface area contributed by atoms with E-state index in [4.69, 9.17) is 15.2 Å². The molecule has 2 rings (SSSR count). The van der Waals surface area contributed by atoms with Crippen LogP contribution in [0, 0.1) is 0 Å². The molecule has 20 heavy (non-hydrogen) atoms. The quantitative estimate of drug-likeness (QED) is 0.876. The molecule has 1 heterocycles. The van der Waals surface area contributed by atoms with E-state index in [0.717, 1.165) is 17.0 Å². The second kappa shape index (κ2) is 6.86. The normalized spacial score (nSPS) is 10.5. The van der Waals surface area contributed by atoms with Gasteiger partial charge < -0.3 is 15.2 Å². The highest BCUT2D eigenvalue weighted by Crippen LogP contribution is 2.29. The Morgan fingerprint density at radius 3 is 2.65 bits per heavy atom. The molecule has 0 saturated carbocycles. The van der Waals surface area contributed by atoms with Crippen molar-refractivity contribution in [2.24, 2.45) is 0 Å². The molecule has 0 radical (unpaired) electrons. The summed E-state index contributed by atoms with van der Waals surface area (Å²) in [5.74, 6) is 1.79. The summed E-state index contributed by atoms with van der Waals surface area (Å²) in [7, 11) is 0. The number of nitrogens with two attached hydrogens (primary N) is 1. The third-order valence-electron chi connectivity index (χ3n) is 2.69. The summed E-state index contributed by atoms with van der Waals surface area (Å²) in [6.45, 7) is 5.45. The largest absolute Gasteiger partial charge is 0.493 e. The maximum Gasteiger partial charge on any atom is 0.157 e. The van der Waals surface area contributed by atoms with Crippen molar-refractivity contribution < 1.29 is 9.47 Å². The average molecular weight is 273 g/mol. The van der Waals surface area contributed by atoms with Gasteiger partial charge in [0.25, 0.3) is 0 Å². The van der Waals surface area contributed by atoms with Crippen LogP contribution in [0.3, 0.4) is 0 Å². The smallest absolute Gasteiger partial charge is 0.157 e. The SMILES string of the molecule is CCOCc1nc(N)cc(-c2ccccc2OCC)n1. The second-order valence-electron chi connectivity index (χ2n) is 4.16. The van der Waals surface area contributed by atoms with E-state index in [1.54, 1.807) is 6.07 Å². The van der Waals surface area contributed by atoms with Gasteiger partial charge in [0.15, 0.2) is 5.82 Å². The number of hydrogen-bond donors (Lipinski definition) is 1. The molecule has 106 valence electrons. The first-order valence-electron chi connectivity index (χ1n) is 6.68. The highest BCUT2D eigenvalue weighted by molar-refractivity contribution is 5.68. The van der Waals surface area contributed by atoms with E-state index in [0.29, 0.717) is 31.5 Å². The van der Waals surface area contributed by atoms with E-state index in [1.165, 1.54) is 0 Å². The zero-order valence-corrected chi connectivity index (χ0v) is 11.8. The van der Waals surface area contributed by atoms with E-state index in [2.05, 4.69) is 9.97 Å². The topological polar surface area (TPSA) is 70.3 Å². The summed E-state index contributed by atoms with van der Waals surface area (Å²) < 4.78 is 11.0. The van der Waals surface area contributed by atoms with Crippen LogP contribution in [0.15, 0.2) is 30.3 Å².